The highest BCUT2D eigenvalue weighted by Gasteiger charge is 2.19. The Labute approximate surface area is 127 Å². The fourth-order valence-electron chi connectivity index (χ4n) is 3.17. The molecule has 1 aliphatic heterocycles. The summed E-state index contributed by atoms with van der Waals surface area (Å²) in [6.07, 6.45) is 8.96. The maximum atomic E-state index is 4.17. The van der Waals surface area contributed by atoms with Crippen LogP contribution in [0.1, 0.15) is 32.6 Å². The maximum absolute atomic E-state index is 4.17. The molecule has 1 aromatic carbocycles. The van der Waals surface area contributed by atoms with Gasteiger partial charge in [-0.2, -0.15) is 0 Å². The number of hydrogen-bond donors (Lipinski definition) is 1. The van der Waals surface area contributed by atoms with Crippen LogP contribution in [0.3, 0.4) is 0 Å². The topological polar surface area (TPSA) is 28.2 Å². The van der Waals surface area contributed by atoms with E-state index in [0.29, 0.717) is 6.04 Å². The fraction of sp³-hybridized carbons (Fsp3) is 0.500. The first-order valence-electron chi connectivity index (χ1n) is 8.18. The minimum absolute atomic E-state index is 0.579. The van der Waals surface area contributed by atoms with Gasteiger partial charge in [0.1, 0.15) is 0 Å². The first-order valence-corrected chi connectivity index (χ1v) is 8.18. The summed E-state index contributed by atoms with van der Waals surface area (Å²) in [5.74, 6) is 0. The Balaban J connectivity index is 1.64. The lowest BCUT2D eigenvalue weighted by molar-refractivity contribution is 0.213. The van der Waals surface area contributed by atoms with Crippen LogP contribution in [0.2, 0.25) is 0 Å². The number of likely N-dealkylation sites (tertiary alicyclic amines) is 1. The van der Waals surface area contributed by atoms with Crippen molar-refractivity contribution >= 4 is 16.5 Å². The SMILES string of the molecule is CCCCN1CCCC(Nc2ccc3cnccc3c2)C1. The number of fused-ring (bicyclic) bond motifs is 1. The van der Waals surface area contributed by atoms with E-state index in [1.165, 1.54) is 61.8 Å². The zero-order valence-electron chi connectivity index (χ0n) is 12.9. The quantitative estimate of drug-likeness (QED) is 0.901. The highest BCUT2D eigenvalue weighted by Crippen LogP contribution is 2.21. The van der Waals surface area contributed by atoms with Crippen LogP contribution in [0.5, 0.6) is 0 Å². The number of rotatable bonds is 5. The molecule has 1 fully saturated rings. The molecule has 1 aliphatic rings. The number of aromatic nitrogens is 1. The summed E-state index contributed by atoms with van der Waals surface area (Å²) < 4.78 is 0. The summed E-state index contributed by atoms with van der Waals surface area (Å²) in [5, 5.41) is 6.18. The van der Waals surface area contributed by atoms with Crippen LogP contribution in [-0.2, 0) is 0 Å². The molecule has 112 valence electrons. The lowest BCUT2D eigenvalue weighted by Gasteiger charge is -2.33. The smallest absolute Gasteiger partial charge is 0.0388 e. The molecule has 21 heavy (non-hydrogen) atoms. The van der Waals surface area contributed by atoms with Gasteiger partial charge in [0.25, 0.3) is 0 Å². The second-order valence-corrected chi connectivity index (χ2v) is 6.08. The summed E-state index contributed by atoms with van der Waals surface area (Å²) in [7, 11) is 0. The average Bonchev–Trinajstić information content (AvgIpc) is 2.53. The zero-order valence-corrected chi connectivity index (χ0v) is 12.9. The van der Waals surface area contributed by atoms with Crippen LogP contribution in [0.25, 0.3) is 10.8 Å². The van der Waals surface area contributed by atoms with Gasteiger partial charge in [-0.15, -0.1) is 0 Å². The fourth-order valence-corrected chi connectivity index (χ4v) is 3.17. The van der Waals surface area contributed by atoms with Crippen LogP contribution in [0, 0.1) is 0 Å². The predicted molar refractivity (Wildman–Crippen MR) is 89.7 cm³/mol. The van der Waals surface area contributed by atoms with Crippen LogP contribution in [0.4, 0.5) is 5.69 Å². The third-order valence-corrected chi connectivity index (χ3v) is 4.34. The third kappa shape index (κ3) is 3.73. The van der Waals surface area contributed by atoms with E-state index in [-0.39, 0.29) is 0 Å². The van der Waals surface area contributed by atoms with E-state index in [9.17, 15) is 0 Å². The summed E-state index contributed by atoms with van der Waals surface area (Å²) in [4.78, 5) is 6.78. The van der Waals surface area contributed by atoms with E-state index in [2.05, 4.69) is 46.4 Å². The van der Waals surface area contributed by atoms with E-state index < -0.39 is 0 Å². The minimum Gasteiger partial charge on any atom is -0.381 e. The van der Waals surface area contributed by atoms with E-state index in [1.54, 1.807) is 0 Å². The van der Waals surface area contributed by atoms with Gasteiger partial charge in [-0.1, -0.05) is 19.4 Å². The molecule has 2 aromatic rings. The standard InChI is InChI=1S/C18H25N3/c1-2-3-10-21-11-4-5-18(14-21)20-17-7-6-16-13-19-9-8-15(16)12-17/h6-9,12-13,18,20H,2-5,10-11,14H2,1H3. The number of anilines is 1. The number of unbranched alkanes of at least 4 members (excludes halogenated alkanes) is 1. The normalized spacial score (nSPS) is 19.8. The van der Waals surface area contributed by atoms with Crippen LogP contribution in [-0.4, -0.2) is 35.6 Å². The zero-order chi connectivity index (χ0) is 14.5. The van der Waals surface area contributed by atoms with Crippen LogP contribution >= 0.6 is 0 Å². The molecule has 1 aromatic heterocycles. The van der Waals surface area contributed by atoms with Crippen molar-refractivity contribution < 1.29 is 0 Å². The lowest BCUT2D eigenvalue weighted by atomic mass is 10.0. The number of nitrogens with zero attached hydrogens (tertiary/aromatic N) is 2. The van der Waals surface area contributed by atoms with Crippen molar-refractivity contribution in [3.63, 3.8) is 0 Å². The second kappa shape index (κ2) is 6.90. The van der Waals surface area contributed by atoms with E-state index in [0.717, 1.165) is 0 Å². The van der Waals surface area contributed by atoms with Gasteiger partial charge in [0, 0.05) is 36.1 Å². The third-order valence-electron chi connectivity index (χ3n) is 4.34. The molecule has 1 N–H and O–H groups in total. The molecular formula is C18H25N3. The molecule has 0 saturated carbocycles. The largest absolute Gasteiger partial charge is 0.381 e. The molecule has 0 radical (unpaired) electrons. The van der Waals surface area contributed by atoms with Gasteiger partial charge in [0.15, 0.2) is 0 Å². The van der Waals surface area contributed by atoms with Crippen molar-refractivity contribution in [1.82, 2.24) is 9.88 Å². The Bertz CT molecular complexity index is 581. The Kier molecular flexibility index (Phi) is 4.71. The van der Waals surface area contributed by atoms with Crippen molar-refractivity contribution in [3.05, 3.63) is 36.7 Å². The molecule has 1 saturated heterocycles. The molecule has 2 heterocycles. The Morgan fingerprint density at radius 2 is 2.24 bits per heavy atom. The van der Waals surface area contributed by atoms with Crippen molar-refractivity contribution in [3.8, 4) is 0 Å². The van der Waals surface area contributed by atoms with Gasteiger partial charge in [0.05, 0.1) is 0 Å². The summed E-state index contributed by atoms with van der Waals surface area (Å²) >= 11 is 0. The number of hydrogen-bond acceptors (Lipinski definition) is 3. The van der Waals surface area contributed by atoms with Crippen molar-refractivity contribution in [2.75, 3.05) is 25.0 Å². The first kappa shape index (κ1) is 14.3. The second-order valence-electron chi connectivity index (χ2n) is 6.08. The highest BCUT2D eigenvalue weighted by atomic mass is 15.2. The molecule has 1 atom stereocenters. The van der Waals surface area contributed by atoms with Gasteiger partial charge < -0.3 is 10.2 Å². The van der Waals surface area contributed by atoms with Gasteiger partial charge in [0.2, 0.25) is 0 Å². The summed E-state index contributed by atoms with van der Waals surface area (Å²) in [6, 6.07) is 9.23. The van der Waals surface area contributed by atoms with Crippen molar-refractivity contribution in [2.45, 2.75) is 38.6 Å². The van der Waals surface area contributed by atoms with Crippen molar-refractivity contribution in [2.24, 2.45) is 0 Å². The van der Waals surface area contributed by atoms with E-state index in [4.69, 9.17) is 0 Å². The Morgan fingerprint density at radius 3 is 3.14 bits per heavy atom. The number of benzene rings is 1. The van der Waals surface area contributed by atoms with E-state index >= 15 is 0 Å². The molecular weight excluding hydrogens is 258 g/mol. The monoisotopic (exact) mass is 283 g/mol. The first-order chi connectivity index (χ1) is 10.3. The van der Waals surface area contributed by atoms with Gasteiger partial charge >= 0.3 is 0 Å². The van der Waals surface area contributed by atoms with Gasteiger partial charge in [-0.25, -0.2) is 0 Å². The van der Waals surface area contributed by atoms with E-state index in [1.807, 2.05) is 12.4 Å². The predicted octanol–water partition coefficient (Wildman–Crippen LogP) is 3.91. The molecule has 3 nitrogen and oxygen atoms in total. The van der Waals surface area contributed by atoms with Crippen LogP contribution in [0.15, 0.2) is 36.7 Å². The highest BCUT2D eigenvalue weighted by molar-refractivity contribution is 5.84. The van der Waals surface area contributed by atoms with Gasteiger partial charge in [-0.3, -0.25) is 4.98 Å². The summed E-state index contributed by atoms with van der Waals surface area (Å²) in [6.45, 7) is 5.96. The number of pyridine rings is 1. The minimum atomic E-state index is 0.579. The van der Waals surface area contributed by atoms with Gasteiger partial charge in [-0.05, 0) is 55.9 Å². The summed E-state index contributed by atoms with van der Waals surface area (Å²) in [5.41, 5.74) is 1.23. The van der Waals surface area contributed by atoms with Crippen LogP contribution < -0.4 is 5.32 Å². The molecule has 3 heteroatoms. The molecule has 1 unspecified atom stereocenters. The lowest BCUT2D eigenvalue weighted by Crippen LogP contribution is -2.42. The Hall–Kier alpha value is -1.61. The maximum Gasteiger partial charge on any atom is 0.0388 e. The molecule has 3 rings (SSSR count). The van der Waals surface area contributed by atoms with Crippen molar-refractivity contribution in [1.29, 1.82) is 0 Å². The average molecular weight is 283 g/mol. The Morgan fingerprint density at radius 1 is 1.29 bits per heavy atom. The molecule has 0 amide bonds. The number of nitrogens with one attached hydrogen (secondary N) is 1. The molecule has 0 aliphatic carbocycles. The number of piperidine rings is 1. The molecule has 0 spiro atoms. The molecule has 0 bridgehead atoms.